The van der Waals surface area contributed by atoms with Gasteiger partial charge in [-0.05, 0) is 48.6 Å². The summed E-state index contributed by atoms with van der Waals surface area (Å²) in [6.07, 6.45) is 1.17. The van der Waals surface area contributed by atoms with Crippen LogP contribution in [0.5, 0.6) is 17.2 Å². The summed E-state index contributed by atoms with van der Waals surface area (Å²) in [5.74, 6) is 0.790. The molecule has 2 aromatic rings. The normalized spacial score (nSPS) is 17.0. The highest BCUT2D eigenvalue weighted by atomic mass is 32.2. The number of ether oxygens (including phenoxy) is 3. The van der Waals surface area contributed by atoms with Crippen molar-refractivity contribution >= 4 is 21.6 Å². The summed E-state index contributed by atoms with van der Waals surface area (Å²) in [5, 5.41) is 2.87. The maximum Gasteiger partial charge on any atom is 0.246 e. The van der Waals surface area contributed by atoms with E-state index in [1.165, 1.54) is 18.5 Å². The molecule has 1 saturated heterocycles. The van der Waals surface area contributed by atoms with E-state index in [2.05, 4.69) is 5.32 Å². The van der Waals surface area contributed by atoms with Gasteiger partial charge in [0.15, 0.2) is 0 Å². The molecule has 0 aromatic heterocycles. The SMILES string of the molecule is COc1ccc(OC)c(NC(=O)[C@@H]2CCCN(S(=O)(=O)c3cc(C(C)C)ccc3OC)C2)c1. The lowest BCUT2D eigenvalue weighted by atomic mass is 9.98. The van der Waals surface area contributed by atoms with Crippen molar-refractivity contribution in [3.05, 3.63) is 42.0 Å². The second kappa shape index (κ2) is 10.4. The molecule has 0 unspecified atom stereocenters. The van der Waals surface area contributed by atoms with Crippen molar-refractivity contribution in [1.82, 2.24) is 4.31 Å². The standard InChI is InChI=1S/C24H32N2O6S/c1-16(2)17-8-10-22(32-5)23(13-17)33(28,29)26-12-6-7-18(15-26)24(27)25-20-14-19(30-3)9-11-21(20)31-4/h8-11,13-14,16,18H,6-7,12,15H2,1-5H3,(H,25,27)/t18-/m1/s1. The number of benzene rings is 2. The van der Waals surface area contributed by atoms with Gasteiger partial charge in [-0.1, -0.05) is 19.9 Å². The third kappa shape index (κ3) is 5.42. The van der Waals surface area contributed by atoms with Crippen molar-refractivity contribution in [2.24, 2.45) is 5.92 Å². The third-order valence-corrected chi connectivity index (χ3v) is 7.78. The van der Waals surface area contributed by atoms with Gasteiger partial charge in [0, 0.05) is 19.2 Å². The van der Waals surface area contributed by atoms with Gasteiger partial charge in [-0.3, -0.25) is 4.79 Å². The number of hydrogen-bond acceptors (Lipinski definition) is 6. The number of amides is 1. The van der Waals surface area contributed by atoms with Crippen LogP contribution in [0.3, 0.4) is 0 Å². The molecule has 1 aliphatic rings. The summed E-state index contributed by atoms with van der Waals surface area (Å²) in [5.41, 5.74) is 1.39. The first kappa shape index (κ1) is 24.9. The van der Waals surface area contributed by atoms with Gasteiger partial charge in [-0.2, -0.15) is 4.31 Å². The van der Waals surface area contributed by atoms with Crippen LogP contribution in [0, 0.1) is 5.92 Å². The van der Waals surface area contributed by atoms with Crippen molar-refractivity contribution in [3.63, 3.8) is 0 Å². The highest BCUT2D eigenvalue weighted by molar-refractivity contribution is 7.89. The second-order valence-electron chi connectivity index (χ2n) is 8.32. The molecule has 0 radical (unpaired) electrons. The fraction of sp³-hybridized carbons (Fsp3) is 0.458. The molecule has 180 valence electrons. The zero-order chi connectivity index (χ0) is 24.2. The van der Waals surface area contributed by atoms with Crippen LogP contribution in [0.25, 0.3) is 0 Å². The first-order valence-corrected chi connectivity index (χ1v) is 12.4. The van der Waals surface area contributed by atoms with Crippen LogP contribution in [0.2, 0.25) is 0 Å². The number of nitrogens with zero attached hydrogens (tertiary/aromatic N) is 1. The Morgan fingerprint density at radius 1 is 1.03 bits per heavy atom. The van der Waals surface area contributed by atoms with E-state index in [1.807, 2.05) is 19.9 Å². The monoisotopic (exact) mass is 476 g/mol. The molecule has 1 aliphatic heterocycles. The molecule has 1 fully saturated rings. The molecule has 0 bridgehead atoms. The molecule has 8 nitrogen and oxygen atoms in total. The topological polar surface area (TPSA) is 94.2 Å². The Balaban J connectivity index is 1.83. The van der Waals surface area contributed by atoms with Gasteiger partial charge in [0.1, 0.15) is 22.1 Å². The van der Waals surface area contributed by atoms with Gasteiger partial charge >= 0.3 is 0 Å². The van der Waals surface area contributed by atoms with Gasteiger partial charge < -0.3 is 19.5 Å². The molecule has 0 spiro atoms. The van der Waals surface area contributed by atoms with E-state index in [-0.39, 0.29) is 23.3 Å². The molecule has 1 amide bonds. The zero-order valence-electron chi connectivity index (χ0n) is 19.8. The third-order valence-electron chi connectivity index (χ3n) is 5.89. The van der Waals surface area contributed by atoms with E-state index in [4.69, 9.17) is 14.2 Å². The molecule has 1 atom stereocenters. The highest BCUT2D eigenvalue weighted by Crippen LogP contribution is 2.34. The predicted molar refractivity (Wildman–Crippen MR) is 127 cm³/mol. The van der Waals surface area contributed by atoms with Crippen LogP contribution in [0.4, 0.5) is 5.69 Å². The number of sulfonamides is 1. The number of rotatable bonds is 8. The van der Waals surface area contributed by atoms with Gasteiger partial charge in [-0.15, -0.1) is 0 Å². The first-order chi connectivity index (χ1) is 15.7. The van der Waals surface area contributed by atoms with Gasteiger partial charge in [0.25, 0.3) is 0 Å². The van der Waals surface area contributed by atoms with E-state index >= 15 is 0 Å². The van der Waals surface area contributed by atoms with Crippen molar-refractivity contribution in [1.29, 1.82) is 0 Å². The van der Waals surface area contributed by atoms with Crippen molar-refractivity contribution < 1.29 is 27.4 Å². The molecule has 33 heavy (non-hydrogen) atoms. The molecule has 0 saturated carbocycles. The summed E-state index contributed by atoms with van der Waals surface area (Å²) >= 11 is 0. The lowest BCUT2D eigenvalue weighted by Crippen LogP contribution is -2.43. The second-order valence-corrected chi connectivity index (χ2v) is 10.2. The van der Waals surface area contributed by atoms with E-state index in [1.54, 1.807) is 37.4 Å². The summed E-state index contributed by atoms with van der Waals surface area (Å²) < 4.78 is 44.4. The average molecular weight is 477 g/mol. The van der Waals surface area contributed by atoms with Crippen molar-refractivity contribution in [3.8, 4) is 17.2 Å². The average Bonchev–Trinajstić information content (AvgIpc) is 2.83. The largest absolute Gasteiger partial charge is 0.497 e. The van der Waals surface area contributed by atoms with Crippen LogP contribution < -0.4 is 19.5 Å². The molecule has 1 N–H and O–H groups in total. The number of carbonyl (C=O) groups excluding carboxylic acids is 1. The van der Waals surface area contributed by atoms with Crippen LogP contribution in [0.15, 0.2) is 41.3 Å². The van der Waals surface area contributed by atoms with E-state index < -0.39 is 15.9 Å². The Bertz CT molecular complexity index is 1100. The summed E-state index contributed by atoms with van der Waals surface area (Å²) in [4.78, 5) is 13.2. The van der Waals surface area contributed by atoms with Gasteiger partial charge in [0.05, 0.1) is 32.9 Å². The minimum atomic E-state index is -3.84. The smallest absolute Gasteiger partial charge is 0.246 e. The fourth-order valence-corrected chi connectivity index (χ4v) is 5.63. The van der Waals surface area contributed by atoms with E-state index in [0.717, 1.165) is 5.56 Å². The Morgan fingerprint density at radius 3 is 2.36 bits per heavy atom. The first-order valence-electron chi connectivity index (χ1n) is 10.9. The fourth-order valence-electron chi connectivity index (χ4n) is 3.91. The number of carbonyl (C=O) groups is 1. The summed E-state index contributed by atoms with van der Waals surface area (Å²) in [6.45, 7) is 4.46. The van der Waals surface area contributed by atoms with E-state index in [9.17, 15) is 13.2 Å². The number of methoxy groups -OCH3 is 3. The molecular weight excluding hydrogens is 444 g/mol. The van der Waals surface area contributed by atoms with E-state index in [0.29, 0.717) is 42.3 Å². The highest BCUT2D eigenvalue weighted by Gasteiger charge is 2.35. The number of hydrogen-bond donors (Lipinski definition) is 1. The van der Waals surface area contributed by atoms with Crippen LogP contribution in [0.1, 0.15) is 38.2 Å². The molecule has 1 heterocycles. The summed E-state index contributed by atoms with van der Waals surface area (Å²) in [6, 6.07) is 10.4. The number of nitrogens with one attached hydrogen (secondary N) is 1. The van der Waals surface area contributed by atoms with Crippen molar-refractivity contribution in [2.75, 3.05) is 39.7 Å². The quantitative estimate of drug-likeness (QED) is 0.622. The van der Waals surface area contributed by atoms with Crippen molar-refractivity contribution in [2.45, 2.75) is 37.5 Å². The molecule has 9 heteroatoms. The number of piperidine rings is 1. The van der Waals surface area contributed by atoms with Crippen LogP contribution in [-0.4, -0.2) is 53.0 Å². The molecular formula is C24H32N2O6S. The maximum absolute atomic E-state index is 13.5. The molecule has 3 rings (SSSR count). The molecule has 0 aliphatic carbocycles. The maximum atomic E-state index is 13.5. The Kier molecular flexibility index (Phi) is 7.86. The zero-order valence-corrected chi connectivity index (χ0v) is 20.6. The van der Waals surface area contributed by atoms with Gasteiger partial charge in [0.2, 0.25) is 15.9 Å². The lowest BCUT2D eigenvalue weighted by molar-refractivity contribution is -0.120. The summed E-state index contributed by atoms with van der Waals surface area (Å²) in [7, 11) is 0.676. The number of anilines is 1. The van der Waals surface area contributed by atoms with Crippen LogP contribution in [-0.2, 0) is 14.8 Å². The molecule has 2 aromatic carbocycles. The lowest BCUT2D eigenvalue weighted by Gasteiger charge is -2.31. The minimum absolute atomic E-state index is 0.0928. The minimum Gasteiger partial charge on any atom is -0.497 e. The Labute approximate surface area is 195 Å². The predicted octanol–water partition coefficient (Wildman–Crippen LogP) is 3.88. The Hall–Kier alpha value is -2.78. The van der Waals surface area contributed by atoms with Gasteiger partial charge in [-0.25, -0.2) is 8.42 Å². The van der Waals surface area contributed by atoms with Crippen LogP contribution >= 0.6 is 0 Å². The Morgan fingerprint density at radius 2 is 1.73 bits per heavy atom.